The number of hydrogen-bond acceptors (Lipinski definition) is 7. The summed E-state index contributed by atoms with van der Waals surface area (Å²) in [5, 5.41) is 3.67. The monoisotopic (exact) mass is 482 g/mol. The Hall–Kier alpha value is 0.588. The average Bonchev–Trinajstić information content (AvgIpc) is 3.01. The van der Waals surface area contributed by atoms with Gasteiger partial charge in [-0.3, -0.25) is 4.90 Å². The molecule has 1 N–H and O–H groups in total. The highest BCUT2D eigenvalue weighted by atomic mass is 28.5. The zero-order valence-electron chi connectivity index (χ0n) is 20.5. The van der Waals surface area contributed by atoms with Gasteiger partial charge >= 0.3 is 17.4 Å². The van der Waals surface area contributed by atoms with Gasteiger partial charge in [-0.05, 0) is 71.3 Å². The summed E-state index contributed by atoms with van der Waals surface area (Å²) < 4.78 is 30.0. The summed E-state index contributed by atoms with van der Waals surface area (Å²) in [6, 6.07) is 1.87. The Balaban J connectivity index is 2.65. The van der Waals surface area contributed by atoms with Crippen molar-refractivity contribution in [3.8, 4) is 0 Å². The third kappa shape index (κ3) is 10.2. The van der Waals surface area contributed by atoms with Crippen molar-refractivity contribution in [2.75, 3.05) is 41.0 Å². The van der Waals surface area contributed by atoms with Gasteiger partial charge in [0.1, 0.15) is 0 Å². The number of nitrogens with one attached hydrogen (secondary N) is 1. The Morgan fingerprint density at radius 1 is 0.828 bits per heavy atom. The third-order valence-electron chi connectivity index (χ3n) is 5.00. The van der Waals surface area contributed by atoms with Crippen molar-refractivity contribution in [1.82, 2.24) is 10.2 Å². The van der Waals surface area contributed by atoms with Crippen molar-refractivity contribution in [1.29, 1.82) is 0 Å². The second kappa shape index (κ2) is 11.5. The summed E-state index contributed by atoms with van der Waals surface area (Å²) in [6.45, 7) is 19.0. The van der Waals surface area contributed by atoms with E-state index < -0.39 is 34.0 Å². The van der Waals surface area contributed by atoms with E-state index in [0.717, 1.165) is 44.6 Å². The van der Waals surface area contributed by atoms with Crippen LogP contribution in [0, 0.1) is 0 Å². The molecule has 0 aromatic rings. The van der Waals surface area contributed by atoms with Crippen molar-refractivity contribution in [3.63, 3.8) is 0 Å². The first-order valence-corrected chi connectivity index (χ1v) is 22.1. The number of hydrogen-bond donors (Lipinski definition) is 1. The van der Waals surface area contributed by atoms with Crippen LogP contribution in [0.25, 0.3) is 0 Å². The van der Waals surface area contributed by atoms with E-state index in [9.17, 15) is 0 Å². The highest BCUT2D eigenvalue weighted by Crippen LogP contribution is 2.27. The van der Waals surface area contributed by atoms with E-state index in [2.05, 4.69) is 56.0 Å². The Morgan fingerprint density at radius 3 is 1.79 bits per heavy atom. The molecule has 1 heterocycles. The summed E-state index contributed by atoms with van der Waals surface area (Å²) in [5.41, 5.74) is 0. The minimum Gasteiger partial charge on any atom is -0.437 e. The van der Waals surface area contributed by atoms with Gasteiger partial charge in [0.2, 0.25) is 0 Å². The smallest absolute Gasteiger partial charge is 0.437 e. The molecule has 1 unspecified atom stereocenters. The van der Waals surface area contributed by atoms with E-state index >= 15 is 0 Å². The quantitative estimate of drug-likeness (QED) is 0.379. The maximum absolute atomic E-state index is 6.67. The minimum absolute atomic E-state index is 0.390. The first-order chi connectivity index (χ1) is 13.3. The predicted octanol–water partition coefficient (Wildman–Crippen LogP) is 3.65. The van der Waals surface area contributed by atoms with E-state index in [1.807, 2.05) is 0 Å². The molecule has 1 fully saturated rings. The van der Waals surface area contributed by atoms with Gasteiger partial charge in [-0.15, -0.1) is 0 Å². The van der Waals surface area contributed by atoms with Crippen LogP contribution < -0.4 is 5.32 Å². The van der Waals surface area contributed by atoms with Crippen molar-refractivity contribution < 1.29 is 21.5 Å². The lowest BCUT2D eigenvalue weighted by atomic mass is 10.3. The number of rotatable bonds is 14. The lowest BCUT2D eigenvalue weighted by Crippen LogP contribution is -2.53. The van der Waals surface area contributed by atoms with Crippen LogP contribution in [0.15, 0.2) is 0 Å². The molecule has 1 aliphatic rings. The van der Waals surface area contributed by atoms with Crippen LogP contribution in [0.2, 0.25) is 57.9 Å². The fourth-order valence-electron chi connectivity index (χ4n) is 4.08. The van der Waals surface area contributed by atoms with Crippen molar-refractivity contribution in [2.24, 2.45) is 0 Å². The molecule has 1 saturated heterocycles. The predicted molar refractivity (Wildman–Crippen MR) is 129 cm³/mol. The molecule has 29 heavy (non-hydrogen) atoms. The highest BCUT2D eigenvalue weighted by molar-refractivity contribution is 6.87. The van der Waals surface area contributed by atoms with Crippen LogP contribution in [-0.4, -0.2) is 86.0 Å². The molecule has 11 heteroatoms. The van der Waals surface area contributed by atoms with Gasteiger partial charge in [0, 0.05) is 40.5 Å². The van der Waals surface area contributed by atoms with Crippen LogP contribution in [0.4, 0.5) is 0 Å². The molecule has 0 bridgehead atoms. The van der Waals surface area contributed by atoms with Crippen LogP contribution >= 0.6 is 0 Å². The van der Waals surface area contributed by atoms with E-state index in [0.29, 0.717) is 6.17 Å². The van der Waals surface area contributed by atoms with Crippen LogP contribution in [0.1, 0.15) is 12.8 Å². The minimum atomic E-state index is -2.48. The fourth-order valence-corrected chi connectivity index (χ4v) is 18.3. The van der Waals surface area contributed by atoms with E-state index in [-0.39, 0.29) is 0 Å². The second-order valence-corrected chi connectivity index (χ2v) is 25.9. The summed E-state index contributed by atoms with van der Waals surface area (Å²) in [7, 11) is -2.94. The topological polar surface area (TPSA) is 61.4 Å². The molecule has 174 valence electrons. The maximum Gasteiger partial charge on any atom is 0.500 e. The van der Waals surface area contributed by atoms with E-state index in [1.54, 1.807) is 21.3 Å². The average molecular weight is 483 g/mol. The Labute approximate surface area is 183 Å². The van der Waals surface area contributed by atoms with Gasteiger partial charge in [-0.25, -0.2) is 0 Å². The molecule has 0 aliphatic carbocycles. The molecule has 1 aliphatic heterocycles. The normalized spacial score (nSPS) is 19.9. The van der Waals surface area contributed by atoms with Gasteiger partial charge < -0.3 is 26.8 Å². The molecular formula is C18H46N2O5Si4. The Bertz CT molecular complexity index is 460. The van der Waals surface area contributed by atoms with Gasteiger partial charge in [0.05, 0.1) is 6.17 Å². The second-order valence-electron chi connectivity index (χ2n) is 10.0. The summed E-state index contributed by atoms with van der Waals surface area (Å²) >= 11 is 0. The van der Waals surface area contributed by atoms with E-state index in [1.165, 1.54) is 0 Å². The number of nitrogens with zero attached hydrogens (tertiary/aromatic N) is 1. The molecule has 7 nitrogen and oxygen atoms in total. The molecule has 0 aromatic heterocycles. The van der Waals surface area contributed by atoms with E-state index in [4.69, 9.17) is 21.5 Å². The summed E-state index contributed by atoms with van der Waals surface area (Å²) in [5.74, 6) is 0. The largest absolute Gasteiger partial charge is 0.500 e. The SMILES string of the molecule is CO[Si](CCCN1CCNC1CC[Si](C)(O[Si](C)(C)C)O[Si](C)(C)C)(OC)OC. The Morgan fingerprint density at radius 2 is 1.34 bits per heavy atom. The van der Waals surface area contributed by atoms with Crippen LogP contribution in [0.5, 0.6) is 0 Å². The maximum atomic E-state index is 6.67. The zero-order chi connectivity index (χ0) is 22.3. The van der Waals surface area contributed by atoms with Crippen LogP contribution in [-0.2, 0) is 21.5 Å². The molecule has 1 rings (SSSR count). The van der Waals surface area contributed by atoms with Gasteiger partial charge in [0.25, 0.3) is 0 Å². The van der Waals surface area contributed by atoms with Crippen molar-refractivity contribution in [2.45, 2.75) is 76.9 Å². The zero-order valence-corrected chi connectivity index (χ0v) is 24.5. The Kier molecular flexibility index (Phi) is 10.9. The molecule has 0 spiro atoms. The van der Waals surface area contributed by atoms with Gasteiger partial charge in [0.15, 0.2) is 16.6 Å². The van der Waals surface area contributed by atoms with Crippen molar-refractivity contribution >= 4 is 34.0 Å². The first kappa shape index (κ1) is 27.6. The third-order valence-corrected chi connectivity index (χ3v) is 17.4. The standard InChI is InChI=1S/C18H46N2O5Si4/c1-21-29(22-2,23-3)16-11-14-20-15-13-19-18(20)12-17-28(10,24-26(4,5)6)25-27(7,8)9/h18-19H,11-17H2,1-10H3. The van der Waals surface area contributed by atoms with Crippen LogP contribution in [0.3, 0.4) is 0 Å². The van der Waals surface area contributed by atoms with Crippen molar-refractivity contribution in [3.05, 3.63) is 0 Å². The van der Waals surface area contributed by atoms with Gasteiger partial charge in [-0.2, -0.15) is 0 Å². The highest BCUT2D eigenvalue weighted by Gasteiger charge is 2.41. The molecular weight excluding hydrogens is 437 g/mol. The molecule has 1 atom stereocenters. The molecule has 0 radical (unpaired) electrons. The molecule has 0 aromatic carbocycles. The fraction of sp³-hybridized carbons (Fsp3) is 1.00. The first-order valence-electron chi connectivity index (χ1n) is 10.8. The molecule has 0 amide bonds. The lowest BCUT2D eigenvalue weighted by molar-refractivity contribution is 0.120. The van der Waals surface area contributed by atoms with Gasteiger partial charge in [-0.1, -0.05) is 0 Å². The molecule has 0 saturated carbocycles. The summed E-state index contributed by atoms with van der Waals surface area (Å²) in [4.78, 5) is 2.54. The lowest BCUT2D eigenvalue weighted by Gasteiger charge is -2.39. The summed E-state index contributed by atoms with van der Waals surface area (Å²) in [6.07, 6.45) is 2.46.